The van der Waals surface area contributed by atoms with E-state index in [9.17, 15) is 9.59 Å². The van der Waals surface area contributed by atoms with Gasteiger partial charge in [-0.2, -0.15) is 0 Å². The number of piperidine rings is 1. The third-order valence-electron chi connectivity index (χ3n) is 3.43. The van der Waals surface area contributed by atoms with Crippen molar-refractivity contribution in [2.75, 3.05) is 32.9 Å². The SMILES string of the molecule is CCOC(=O)CCC(=O)N1CCCC2(C1)OCCO2. The number of ether oxygens (including phenoxy) is 3. The third-order valence-corrected chi connectivity index (χ3v) is 3.43. The molecule has 0 atom stereocenters. The highest BCUT2D eigenvalue weighted by Crippen LogP contribution is 2.30. The molecule has 0 N–H and O–H groups in total. The van der Waals surface area contributed by atoms with E-state index in [1.807, 2.05) is 0 Å². The van der Waals surface area contributed by atoms with Crippen molar-refractivity contribution in [3.63, 3.8) is 0 Å². The molecule has 0 saturated carbocycles. The molecule has 1 spiro atoms. The van der Waals surface area contributed by atoms with Crippen LogP contribution in [0.1, 0.15) is 32.6 Å². The molecule has 2 rings (SSSR count). The Morgan fingerprint density at radius 3 is 2.68 bits per heavy atom. The van der Waals surface area contributed by atoms with Gasteiger partial charge in [0.1, 0.15) is 0 Å². The van der Waals surface area contributed by atoms with E-state index < -0.39 is 5.79 Å². The zero-order valence-corrected chi connectivity index (χ0v) is 11.4. The molecule has 6 heteroatoms. The molecule has 0 aromatic heterocycles. The Kier molecular flexibility index (Phi) is 4.76. The third kappa shape index (κ3) is 3.67. The average molecular weight is 271 g/mol. The van der Waals surface area contributed by atoms with Crippen LogP contribution in [0.25, 0.3) is 0 Å². The Bertz CT molecular complexity index is 338. The van der Waals surface area contributed by atoms with Crippen molar-refractivity contribution in [3.05, 3.63) is 0 Å². The summed E-state index contributed by atoms with van der Waals surface area (Å²) in [7, 11) is 0. The first kappa shape index (κ1) is 14.3. The highest BCUT2D eigenvalue weighted by Gasteiger charge is 2.41. The maximum absolute atomic E-state index is 12.1. The van der Waals surface area contributed by atoms with Crippen LogP contribution in [0.5, 0.6) is 0 Å². The average Bonchev–Trinajstić information content (AvgIpc) is 2.84. The van der Waals surface area contributed by atoms with Gasteiger partial charge in [0.25, 0.3) is 0 Å². The van der Waals surface area contributed by atoms with Gasteiger partial charge >= 0.3 is 5.97 Å². The van der Waals surface area contributed by atoms with Gasteiger partial charge in [-0.3, -0.25) is 9.59 Å². The number of carbonyl (C=O) groups is 2. The summed E-state index contributed by atoms with van der Waals surface area (Å²) in [5, 5.41) is 0. The lowest BCUT2D eigenvalue weighted by atomic mass is 10.0. The van der Waals surface area contributed by atoms with Crippen molar-refractivity contribution in [2.24, 2.45) is 0 Å². The molecule has 0 aromatic carbocycles. The molecule has 2 heterocycles. The molecule has 0 aromatic rings. The maximum Gasteiger partial charge on any atom is 0.306 e. The van der Waals surface area contributed by atoms with Crippen molar-refractivity contribution >= 4 is 11.9 Å². The molecule has 19 heavy (non-hydrogen) atoms. The summed E-state index contributed by atoms with van der Waals surface area (Å²) in [5.74, 6) is -0.958. The molecule has 2 aliphatic rings. The summed E-state index contributed by atoms with van der Waals surface area (Å²) in [6, 6.07) is 0. The number of hydrogen-bond acceptors (Lipinski definition) is 5. The van der Waals surface area contributed by atoms with E-state index in [-0.39, 0.29) is 24.7 Å². The molecule has 0 unspecified atom stereocenters. The van der Waals surface area contributed by atoms with E-state index >= 15 is 0 Å². The summed E-state index contributed by atoms with van der Waals surface area (Å²) in [6.45, 7) is 4.45. The number of carbonyl (C=O) groups excluding carboxylic acids is 2. The first-order valence-corrected chi connectivity index (χ1v) is 6.86. The molecule has 0 bridgehead atoms. The van der Waals surface area contributed by atoms with E-state index in [0.29, 0.717) is 32.9 Å². The largest absolute Gasteiger partial charge is 0.466 e. The minimum Gasteiger partial charge on any atom is -0.466 e. The predicted molar refractivity (Wildman–Crippen MR) is 66.3 cm³/mol. The second-order valence-electron chi connectivity index (χ2n) is 4.83. The Balaban J connectivity index is 1.80. The topological polar surface area (TPSA) is 65.1 Å². The second kappa shape index (κ2) is 6.34. The molecule has 2 aliphatic heterocycles. The van der Waals surface area contributed by atoms with Crippen LogP contribution in [0, 0.1) is 0 Å². The first-order valence-electron chi connectivity index (χ1n) is 6.86. The zero-order chi connectivity index (χ0) is 13.7. The van der Waals surface area contributed by atoms with Crippen LogP contribution in [0.15, 0.2) is 0 Å². The molecule has 108 valence electrons. The monoisotopic (exact) mass is 271 g/mol. The summed E-state index contributed by atoms with van der Waals surface area (Å²) in [4.78, 5) is 25.0. The van der Waals surface area contributed by atoms with Crippen LogP contribution >= 0.6 is 0 Å². The number of esters is 1. The van der Waals surface area contributed by atoms with Gasteiger partial charge in [0.15, 0.2) is 5.79 Å². The van der Waals surface area contributed by atoms with Crippen molar-refractivity contribution in [2.45, 2.75) is 38.4 Å². The summed E-state index contributed by atoms with van der Waals surface area (Å²) in [6.07, 6.45) is 2.02. The number of likely N-dealkylation sites (tertiary alicyclic amines) is 1. The van der Waals surface area contributed by atoms with Gasteiger partial charge in [0.05, 0.1) is 32.8 Å². The van der Waals surface area contributed by atoms with Gasteiger partial charge in [0.2, 0.25) is 5.91 Å². The van der Waals surface area contributed by atoms with Crippen molar-refractivity contribution in [3.8, 4) is 0 Å². The first-order chi connectivity index (χ1) is 9.15. The molecule has 2 saturated heterocycles. The summed E-state index contributed by atoms with van der Waals surface area (Å²) >= 11 is 0. The van der Waals surface area contributed by atoms with E-state index in [2.05, 4.69) is 0 Å². The maximum atomic E-state index is 12.1. The smallest absolute Gasteiger partial charge is 0.306 e. The van der Waals surface area contributed by atoms with Crippen LogP contribution in [-0.2, 0) is 23.8 Å². The second-order valence-corrected chi connectivity index (χ2v) is 4.83. The summed E-state index contributed by atoms with van der Waals surface area (Å²) < 4.78 is 16.1. The highest BCUT2D eigenvalue weighted by molar-refractivity contribution is 5.81. The fourth-order valence-corrected chi connectivity index (χ4v) is 2.53. The lowest BCUT2D eigenvalue weighted by Gasteiger charge is -2.38. The normalized spacial score (nSPS) is 21.6. The minimum absolute atomic E-state index is 0.0359. The zero-order valence-electron chi connectivity index (χ0n) is 11.4. The van der Waals surface area contributed by atoms with Crippen LogP contribution in [0.4, 0.5) is 0 Å². The molecule has 1 amide bonds. The van der Waals surface area contributed by atoms with Crippen LogP contribution < -0.4 is 0 Å². The van der Waals surface area contributed by atoms with Crippen LogP contribution in [-0.4, -0.2) is 55.5 Å². The van der Waals surface area contributed by atoms with E-state index in [1.165, 1.54) is 0 Å². The van der Waals surface area contributed by atoms with E-state index in [4.69, 9.17) is 14.2 Å². The quantitative estimate of drug-likeness (QED) is 0.704. The van der Waals surface area contributed by atoms with Crippen molar-refractivity contribution < 1.29 is 23.8 Å². The molecular weight excluding hydrogens is 250 g/mol. The van der Waals surface area contributed by atoms with Gasteiger partial charge in [-0.15, -0.1) is 0 Å². The molecule has 0 radical (unpaired) electrons. The summed E-state index contributed by atoms with van der Waals surface area (Å²) in [5.41, 5.74) is 0. The Hall–Kier alpha value is -1.14. The molecule has 6 nitrogen and oxygen atoms in total. The Labute approximate surface area is 113 Å². The molecule has 0 aliphatic carbocycles. The standard InChI is InChI=1S/C13H21NO5/c1-2-17-12(16)5-4-11(15)14-7-3-6-13(10-14)18-8-9-19-13/h2-10H2,1H3. The van der Waals surface area contributed by atoms with Crippen molar-refractivity contribution in [1.29, 1.82) is 0 Å². The predicted octanol–water partition coefficient (Wildman–Crippen LogP) is 0.695. The number of rotatable bonds is 4. The fraction of sp³-hybridized carbons (Fsp3) is 0.846. The Morgan fingerprint density at radius 2 is 2.00 bits per heavy atom. The van der Waals surface area contributed by atoms with Gasteiger partial charge in [-0.25, -0.2) is 0 Å². The highest BCUT2D eigenvalue weighted by atomic mass is 16.7. The van der Waals surface area contributed by atoms with Crippen LogP contribution in [0.3, 0.4) is 0 Å². The van der Waals surface area contributed by atoms with Crippen LogP contribution in [0.2, 0.25) is 0 Å². The number of hydrogen-bond donors (Lipinski definition) is 0. The fourth-order valence-electron chi connectivity index (χ4n) is 2.53. The number of nitrogens with zero attached hydrogens (tertiary/aromatic N) is 1. The van der Waals surface area contributed by atoms with E-state index in [0.717, 1.165) is 12.8 Å². The van der Waals surface area contributed by atoms with Gasteiger partial charge < -0.3 is 19.1 Å². The lowest BCUT2D eigenvalue weighted by molar-refractivity contribution is -0.193. The number of amides is 1. The van der Waals surface area contributed by atoms with Gasteiger partial charge in [-0.05, 0) is 13.3 Å². The lowest BCUT2D eigenvalue weighted by Crippen LogP contribution is -2.51. The molecule has 2 fully saturated rings. The van der Waals surface area contributed by atoms with E-state index in [1.54, 1.807) is 11.8 Å². The van der Waals surface area contributed by atoms with Gasteiger partial charge in [-0.1, -0.05) is 0 Å². The van der Waals surface area contributed by atoms with Gasteiger partial charge in [0, 0.05) is 19.4 Å². The molecular formula is C13H21NO5. The minimum atomic E-state index is -0.599. The van der Waals surface area contributed by atoms with Crippen molar-refractivity contribution in [1.82, 2.24) is 4.90 Å². The Morgan fingerprint density at radius 1 is 1.26 bits per heavy atom.